The van der Waals surface area contributed by atoms with Gasteiger partial charge in [-0.25, -0.2) is 0 Å². The Labute approximate surface area is 233 Å². The molecule has 0 saturated carbocycles. The predicted molar refractivity (Wildman–Crippen MR) is 164 cm³/mol. The van der Waals surface area contributed by atoms with Crippen LogP contribution in [0.2, 0.25) is 0 Å². The van der Waals surface area contributed by atoms with Crippen LogP contribution >= 0.6 is 7.44 Å². The average Bonchev–Trinajstić information content (AvgIpc) is 3.13. The van der Waals surface area contributed by atoms with Crippen LogP contribution in [-0.2, 0) is 4.57 Å². The van der Waals surface area contributed by atoms with Crippen molar-refractivity contribution in [2.24, 2.45) is 0 Å². The molecular weight excluding hydrogens is 511 g/mol. The van der Waals surface area contributed by atoms with E-state index in [0.29, 0.717) is 5.30 Å². The van der Waals surface area contributed by atoms with Crippen molar-refractivity contribution in [3.63, 3.8) is 0 Å². The SMILES string of the molecule is O=P1(c2ccc(-c3ccccc3)cc2)N(c2ccncc2)c2ccccc2-c2ccccc2N1c1ccncc1. The normalized spacial score (nSPS) is 13.7. The van der Waals surface area contributed by atoms with Crippen molar-refractivity contribution < 1.29 is 4.57 Å². The first-order valence-electron chi connectivity index (χ1n) is 13.1. The lowest BCUT2D eigenvalue weighted by Crippen LogP contribution is -2.32. The van der Waals surface area contributed by atoms with E-state index < -0.39 is 7.44 Å². The third-order valence-corrected chi connectivity index (χ3v) is 10.2. The summed E-state index contributed by atoms with van der Waals surface area (Å²) >= 11 is 0. The van der Waals surface area contributed by atoms with Crippen LogP contribution in [-0.4, -0.2) is 9.97 Å². The highest BCUT2D eigenvalue weighted by molar-refractivity contribution is 7.75. The Bertz CT molecular complexity index is 1730. The van der Waals surface area contributed by atoms with Crippen molar-refractivity contribution in [3.8, 4) is 22.3 Å². The maximum absolute atomic E-state index is 16.3. The van der Waals surface area contributed by atoms with E-state index in [0.717, 1.165) is 45.0 Å². The number of fused-ring (bicyclic) bond motifs is 3. The maximum Gasteiger partial charge on any atom is 0.301 e. The molecule has 7 rings (SSSR count). The van der Waals surface area contributed by atoms with Crippen LogP contribution in [0.4, 0.5) is 22.7 Å². The van der Waals surface area contributed by atoms with Gasteiger partial charge in [0.05, 0.1) is 28.1 Å². The Morgan fingerprint density at radius 2 is 0.875 bits per heavy atom. The molecule has 4 aromatic carbocycles. The van der Waals surface area contributed by atoms with Gasteiger partial charge in [0.25, 0.3) is 0 Å². The molecule has 0 atom stereocenters. The van der Waals surface area contributed by atoms with Gasteiger partial charge < -0.3 is 0 Å². The van der Waals surface area contributed by atoms with E-state index in [-0.39, 0.29) is 0 Å². The summed E-state index contributed by atoms with van der Waals surface area (Å²) in [6.07, 6.45) is 6.98. The molecule has 40 heavy (non-hydrogen) atoms. The third-order valence-electron chi connectivity index (χ3n) is 7.22. The molecule has 0 bridgehead atoms. The smallest absolute Gasteiger partial charge is 0.271 e. The lowest BCUT2D eigenvalue weighted by molar-refractivity contribution is 0.581. The second-order valence-corrected chi connectivity index (χ2v) is 11.9. The van der Waals surface area contributed by atoms with Gasteiger partial charge >= 0.3 is 7.44 Å². The van der Waals surface area contributed by atoms with Gasteiger partial charge in [-0.15, -0.1) is 0 Å². The minimum absolute atomic E-state index is 0.715. The van der Waals surface area contributed by atoms with E-state index >= 15 is 4.57 Å². The first-order valence-corrected chi connectivity index (χ1v) is 14.7. The summed E-state index contributed by atoms with van der Waals surface area (Å²) in [5, 5.41) is 0.715. The quantitative estimate of drug-likeness (QED) is 0.211. The van der Waals surface area contributed by atoms with Gasteiger partial charge in [0.15, 0.2) is 0 Å². The number of hydrogen-bond donors (Lipinski definition) is 0. The number of hydrogen-bond acceptors (Lipinski definition) is 3. The van der Waals surface area contributed by atoms with E-state index in [1.165, 1.54) is 0 Å². The number of aromatic nitrogens is 2. The maximum atomic E-state index is 16.3. The van der Waals surface area contributed by atoms with Crippen LogP contribution in [0.1, 0.15) is 0 Å². The third kappa shape index (κ3) is 3.91. The molecule has 0 fully saturated rings. The molecule has 0 saturated heterocycles. The Hall–Kier alpha value is -4.99. The lowest BCUT2D eigenvalue weighted by atomic mass is 10.0. The standard InChI is InChI=1S/C34H25N4OP/c39-40(30-16-14-27(15-17-30)26-8-2-1-3-9-26)37(28-18-22-35-23-19-28)33-12-6-4-10-31(33)32-11-5-7-13-34(32)38(40)29-20-24-36-25-21-29/h1-25H. The number of pyridine rings is 2. The minimum atomic E-state index is -3.64. The zero-order valence-electron chi connectivity index (χ0n) is 21.6. The fourth-order valence-corrected chi connectivity index (χ4v) is 8.43. The molecule has 6 heteroatoms. The molecule has 5 nitrogen and oxygen atoms in total. The monoisotopic (exact) mass is 536 g/mol. The van der Waals surface area contributed by atoms with Crippen molar-refractivity contribution in [1.82, 2.24) is 9.97 Å². The van der Waals surface area contributed by atoms with Crippen molar-refractivity contribution in [2.45, 2.75) is 0 Å². The zero-order chi connectivity index (χ0) is 26.9. The minimum Gasteiger partial charge on any atom is -0.271 e. The number of benzene rings is 4. The molecule has 0 N–H and O–H groups in total. The molecule has 0 radical (unpaired) electrons. The summed E-state index contributed by atoms with van der Waals surface area (Å²) in [6.45, 7) is 0. The topological polar surface area (TPSA) is 49.3 Å². The molecule has 0 spiro atoms. The van der Waals surface area contributed by atoms with Crippen molar-refractivity contribution >= 4 is 35.5 Å². The van der Waals surface area contributed by atoms with Gasteiger partial charge in [-0.2, -0.15) is 0 Å². The van der Waals surface area contributed by atoms with Crippen LogP contribution in [0.5, 0.6) is 0 Å². The first-order chi connectivity index (χ1) is 19.7. The van der Waals surface area contributed by atoms with Crippen LogP contribution < -0.4 is 14.6 Å². The zero-order valence-corrected chi connectivity index (χ0v) is 22.5. The number of para-hydroxylation sites is 2. The van der Waals surface area contributed by atoms with E-state index in [1.807, 2.05) is 100 Å². The molecule has 0 amide bonds. The van der Waals surface area contributed by atoms with Gasteiger partial charge in [0.2, 0.25) is 0 Å². The molecule has 0 aliphatic carbocycles. The van der Waals surface area contributed by atoms with Gasteiger partial charge in [0.1, 0.15) is 0 Å². The highest BCUT2D eigenvalue weighted by Gasteiger charge is 2.45. The number of rotatable bonds is 4. The van der Waals surface area contributed by atoms with Gasteiger partial charge in [-0.1, -0.05) is 78.9 Å². The molecular formula is C34H25N4OP. The molecule has 1 aliphatic rings. The summed E-state index contributed by atoms with van der Waals surface area (Å²) in [6, 6.07) is 42.4. The lowest BCUT2D eigenvalue weighted by Gasteiger charge is -2.40. The summed E-state index contributed by atoms with van der Waals surface area (Å²) in [5.41, 5.74) is 7.52. The van der Waals surface area contributed by atoms with E-state index in [9.17, 15) is 0 Å². The second-order valence-electron chi connectivity index (χ2n) is 9.53. The molecule has 1 aliphatic heterocycles. The van der Waals surface area contributed by atoms with Crippen LogP contribution in [0.15, 0.2) is 152 Å². The number of nitrogens with zero attached hydrogens (tertiary/aromatic N) is 4. The summed E-state index contributed by atoms with van der Waals surface area (Å²) < 4.78 is 20.3. The average molecular weight is 537 g/mol. The van der Waals surface area contributed by atoms with Gasteiger partial charge in [-0.3, -0.25) is 23.9 Å². The largest absolute Gasteiger partial charge is 0.301 e. The van der Waals surface area contributed by atoms with Gasteiger partial charge in [-0.05, 0) is 59.7 Å². The second kappa shape index (κ2) is 9.96. The molecule has 192 valence electrons. The highest BCUT2D eigenvalue weighted by atomic mass is 31.2. The predicted octanol–water partition coefficient (Wildman–Crippen LogP) is 8.62. The molecule has 3 heterocycles. The number of anilines is 4. The molecule has 2 aromatic heterocycles. The first kappa shape index (κ1) is 24.1. The Balaban J connectivity index is 1.57. The fraction of sp³-hybridized carbons (Fsp3) is 0. The Morgan fingerprint density at radius 3 is 1.38 bits per heavy atom. The van der Waals surface area contributed by atoms with Crippen molar-refractivity contribution in [1.29, 1.82) is 0 Å². The van der Waals surface area contributed by atoms with Gasteiger partial charge in [0, 0.05) is 35.9 Å². The summed E-state index contributed by atoms with van der Waals surface area (Å²) in [5.74, 6) is 0. The van der Waals surface area contributed by atoms with E-state index in [4.69, 9.17) is 0 Å². The Kier molecular flexibility index (Phi) is 5.99. The van der Waals surface area contributed by atoms with E-state index in [1.54, 1.807) is 24.8 Å². The molecule has 6 aromatic rings. The van der Waals surface area contributed by atoms with E-state index in [2.05, 4.69) is 46.4 Å². The van der Waals surface area contributed by atoms with Crippen molar-refractivity contribution in [2.75, 3.05) is 9.34 Å². The van der Waals surface area contributed by atoms with Crippen molar-refractivity contribution in [3.05, 3.63) is 152 Å². The Morgan fingerprint density at radius 1 is 0.450 bits per heavy atom. The van der Waals surface area contributed by atoms with Crippen LogP contribution in [0.3, 0.4) is 0 Å². The molecule has 0 unspecified atom stereocenters. The van der Waals surface area contributed by atoms with Crippen LogP contribution in [0.25, 0.3) is 22.3 Å². The summed E-state index contributed by atoms with van der Waals surface area (Å²) in [7, 11) is -3.64. The van der Waals surface area contributed by atoms with Crippen LogP contribution in [0, 0.1) is 0 Å². The summed E-state index contributed by atoms with van der Waals surface area (Å²) in [4.78, 5) is 8.53. The fourth-order valence-electron chi connectivity index (χ4n) is 5.42. The highest BCUT2D eigenvalue weighted by Crippen LogP contribution is 2.66.